The summed E-state index contributed by atoms with van der Waals surface area (Å²) in [4.78, 5) is 21.7. The van der Waals surface area contributed by atoms with Gasteiger partial charge in [-0.25, -0.2) is 9.59 Å². The lowest BCUT2D eigenvalue weighted by atomic mass is 10.0. The highest BCUT2D eigenvalue weighted by Gasteiger charge is 2.03. The monoisotopic (exact) mass is 400 g/mol. The number of hydrogen-bond donors (Lipinski definition) is 1. The van der Waals surface area contributed by atoms with Crippen LogP contribution in [0, 0.1) is 0 Å². The predicted octanol–water partition coefficient (Wildman–Crippen LogP) is 3.19. The average molecular weight is 400 g/mol. The van der Waals surface area contributed by atoms with Crippen molar-refractivity contribution < 1.29 is 33.6 Å². The molecule has 2 aromatic carbocycles. The van der Waals surface area contributed by atoms with E-state index < -0.39 is 11.9 Å². The fourth-order valence-corrected chi connectivity index (χ4v) is 2.35. The maximum atomic E-state index is 10.9. The van der Waals surface area contributed by atoms with Gasteiger partial charge in [0.1, 0.15) is 19.0 Å². The summed E-state index contributed by atoms with van der Waals surface area (Å²) >= 11 is 0. The Kier molecular flexibility index (Phi) is 9.41. The second kappa shape index (κ2) is 12.3. The number of carboxylic acid groups (broad SMARTS) is 1. The Morgan fingerprint density at radius 1 is 0.793 bits per heavy atom. The van der Waals surface area contributed by atoms with Gasteiger partial charge < -0.3 is 24.1 Å². The summed E-state index contributed by atoms with van der Waals surface area (Å²) in [5.41, 5.74) is 2.17. The molecule has 0 spiro atoms. The summed E-state index contributed by atoms with van der Waals surface area (Å²) in [5.74, 6) is -0.686. The average Bonchev–Trinajstić information content (AvgIpc) is 2.75. The standard InChI is InChI=1S/C22H24O7/c1-2-21(23)29-16-14-27-12-11-26-13-15-28-20-9-7-18(8-10-20)17-3-5-19(6-4-17)22(24)25/h2-10H,1,11-16H2,(H,24,25). The van der Waals surface area contributed by atoms with Crippen LogP contribution >= 0.6 is 0 Å². The Bertz CT molecular complexity index is 782. The number of benzene rings is 2. The number of rotatable bonds is 13. The molecule has 1 N–H and O–H groups in total. The number of carbonyl (C=O) groups is 2. The second-order valence-electron chi connectivity index (χ2n) is 5.85. The van der Waals surface area contributed by atoms with Crippen LogP contribution in [-0.4, -0.2) is 56.7 Å². The van der Waals surface area contributed by atoms with Gasteiger partial charge >= 0.3 is 11.9 Å². The van der Waals surface area contributed by atoms with E-state index in [1.165, 1.54) is 0 Å². The summed E-state index contributed by atoms with van der Waals surface area (Å²) in [6.45, 7) is 5.45. The zero-order valence-corrected chi connectivity index (χ0v) is 16.0. The number of ether oxygens (including phenoxy) is 4. The molecule has 0 aliphatic rings. The summed E-state index contributed by atoms with van der Waals surface area (Å²) in [6, 6.07) is 14.3. The van der Waals surface area contributed by atoms with E-state index in [1.807, 2.05) is 24.3 Å². The van der Waals surface area contributed by atoms with Crippen molar-refractivity contribution in [1.82, 2.24) is 0 Å². The molecule has 2 rings (SSSR count). The van der Waals surface area contributed by atoms with Crippen LogP contribution in [0.3, 0.4) is 0 Å². The van der Waals surface area contributed by atoms with E-state index >= 15 is 0 Å². The van der Waals surface area contributed by atoms with Crippen LogP contribution in [0.25, 0.3) is 11.1 Å². The Hall–Kier alpha value is -3.16. The number of carboxylic acids is 1. The van der Waals surface area contributed by atoms with Gasteiger partial charge in [0, 0.05) is 6.08 Å². The summed E-state index contributed by atoms with van der Waals surface area (Å²) in [6.07, 6.45) is 1.11. The number of carbonyl (C=O) groups excluding carboxylic acids is 1. The van der Waals surface area contributed by atoms with Crippen molar-refractivity contribution in [2.24, 2.45) is 0 Å². The highest BCUT2D eigenvalue weighted by Crippen LogP contribution is 2.22. The molecule has 29 heavy (non-hydrogen) atoms. The van der Waals surface area contributed by atoms with Crippen molar-refractivity contribution in [2.45, 2.75) is 0 Å². The molecule has 0 aliphatic heterocycles. The molecule has 0 saturated carbocycles. The molecule has 0 aliphatic carbocycles. The van der Waals surface area contributed by atoms with Crippen LogP contribution in [0.2, 0.25) is 0 Å². The smallest absolute Gasteiger partial charge is 0.335 e. The van der Waals surface area contributed by atoms with E-state index in [0.717, 1.165) is 23.0 Å². The van der Waals surface area contributed by atoms with Crippen molar-refractivity contribution >= 4 is 11.9 Å². The third kappa shape index (κ3) is 8.16. The van der Waals surface area contributed by atoms with E-state index in [4.69, 9.17) is 24.1 Å². The lowest BCUT2D eigenvalue weighted by molar-refractivity contribution is -0.139. The highest BCUT2D eigenvalue weighted by molar-refractivity contribution is 5.88. The topological polar surface area (TPSA) is 91.3 Å². The minimum atomic E-state index is -0.942. The van der Waals surface area contributed by atoms with Crippen molar-refractivity contribution in [1.29, 1.82) is 0 Å². The van der Waals surface area contributed by atoms with Gasteiger partial charge in [0.15, 0.2) is 0 Å². The summed E-state index contributed by atoms with van der Waals surface area (Å²) < 4.78 is 21.1. The van der Waals surface area contributed by atoms with Crippen LogP contribution in [0.1, 0.15) is 10.4 Å². The highest BCUT2D eigenvalue weighted by atomic mass is 16.6. The molecule has 0 radical (unpaired) electrons. The minimum Gasteiger partial charge on any atom is -0.491 e. The zero-order valence-electron chi connectivity index (χ0n) is 16.0. The molecular formula is C22H24O7. The van der Waals surface area contributed by atoms with Gasteiger partial charge in [0.05, 0.1) is 32.0 Å². The first kappa shape index (κ1) is 22.1. The van der Waals surface area contributed by atoms with Crippen LogP contribution in [0.4, 0.5) is 0 Å². The largest absolute Gasteiger partial charge is 0.491 e. The Labute approximate surface area is 169 Å². The molecule has 0 amide bonds. The predicted molar refractivity (Wildman–Crippen MR) is 107 cm³/mol. The minimum absolute atomic E-state index is 0.188. The van der Waals surface area contributed by atoms with E-state index in [-0.39, 0.29) is 12.2 Å². The Balaban J connectivity index is 1.59. The van der Waals surface area contributed by atoms with Crippen LogP contribution in [-0.2, 0) is 19.0 Å². The molecule has 0 saturated heterocycles. The van der Waals surface area contributed by atoms with Gasteiger partial charge in [-0.2, -0.15) is 0 Å². The van der Waals surface area contributed by atoms with E-state index in [0.29, 0.717) is 33.0 Å². The van der Waals surface area contributed by atoms with Crippen molar-refractivity contribution in [2.75, 3.05) is 39.6 Å². The van der Waals surface area contributed by atoms with E-state index in [1.54, 1.807) is 24.3 Å². The molecule has 0 bridgehead atoms. The third-order valence-electron chi connectivity index (χ3n) is 3.83. The normalized spacial score (nSPS) is 10.3. The Morgan fingerprint density at radius 3 is 1.86 bits per heavy atom. The van der Waals surface area contributed by atoms with Gasteiger partial charge in [-0.05, 0) is 35.4 Å². The van der Waals surface area contributed by atoms with Crippen molar-refractivity contribution in [3.05, 3.63) is 66.7 Å². The molecular weight excluding hydrogens is 376 g/mol. The molecule has 0 aromatic heterocycles. The maximum Gasteiger partial charge on any atom is 0.335 e. The molecule has 0 fully saturated rings. The molecule has 0 atom stereocenters. The molecule has 7 nitrogen and oxygen atoms in total. The molecule has 2 aromatic rings. The van der Waals surface area contributed by atoms with Gasteiger partial charge in [0.2, 0.25) is 0 Å². The summed E-state index contributed by atoms with van der Waals surface area (Å²) in [7, 11) is 0. The van der Waals surface area contributed by atoms with Crippen LogP contribution in [0.15, 0.2) is 61.2 Å². The first-order valence-corrected chi connectivity index (χ1v) is 9.11. The number of hydrogen-bond acceptors (Lipinski definition) is 6. The molecule has 0 unspecified atom stereocenters. The third-order valence-corrected chi connectivity index (χ3v) is 3.83. The molecule has 7 heteroatoms. The number of esters is 1. The zero-order chi connectivity index (χ0) is 20.9. The first-order chi connectivity index (χ1) is 14.1. The van der Waals surface area contributed by atoms with Crippen molar-refractivity contribution in [3.63, 3.8) is 0 Å². The van der Waals surface area contributed by atoms with Gasteiger partial charge in [-0.3, -0.25) is 0 Å². The molecule has 0 heterocycles. The van der Waals surface area contributed by atoms with Crippen molar-refractivity contribution in [3.8, 4) is 16.9 Å². The van der Waals surface area contributed by atoms with Gasteiger partial charge in [0.25, 0.3) is 0 Å². The number of aromatic carboxylic acids is 1. The van der Waals surface area contributed by atoms with Crippen LogP contribution in [0.5, 0.6) is 5.75 Å². The lowest BCUT2D eigenvalue weighted by Gasteiger charge is -2.09. The quantitative estimate of drug-likeness (QED) is 0.314. The Morgan fingerprint density at radius 2 is 1.31 bits per heavy atom. The first-order valence-electron chi connectivity index (χ1n) is 9.11. The van der Waals surface area contributed by atoms with Crippen LogP contribution < -0.4 is 4.74 Å². The fourth-order valence-electron chi connectivity index (χ4n) is 2.35. The van der Waals surface area contributed by atoms with Gasteiger partial charge in [-0.15, -0.1) is 0 Å². The molecule has 154 valence electrons. The lowest BCUT2D eigenvalue weighted by Crippen LogP contribution is -2.13. The van der Waals surface area contributed by atoms with E-state index in [2.05, 4.69) is 6.58 Å². The summed E-state index contributed by atoms with van der Waals surface area (Å²) in [5, 5.41) is 8.94. The fraction of sp³-hybridized carbons (Fsp3) is 0.273. The van der Waals surface area contributed by atoms with E-state index in [9.17, 15) is 9.59 Å². The second-order valence-corrected chi connectivity index (χ2v) is 5.85. The SMILES string of the molecule is C=CC(=O)OCCOCCOCCOc1ccc(-c2ccc(C(=O)O)cc2)cc1. The maximum absolute atomic E-state index is 10.9. The van der Waals surface area contributed by atoms with Gasteiger partial charge in [-0.1, -0.05) is 30.8 Å².